The molecule has 2 atom stereocenters. The minimum absolute atomic E-state index is 0.0630. The van der Waals surface area contributed by atoms with Gasteiger partial charge in [0.2, 0.25) is 0 Å². The van der Waals surface area contributed by atoms with E-state index in [9.17, 15) is 0 Å². The van der Waals surface area contributed by atoms with Crippen molar-refractivity contribution in [2.45, 2.75) is 57.4 Å². The van der Waals surface area contributed by atoms with Gasteiger partial charge >= 0.3 is 0 Å². The lowest BCUT2D eigenvalue weighted by Crippen LogP contribution is -2.37. The minimum Gasteiger partial charge on any atom is -0.383 e. The fourth-order valence-corrected chi connectivity index (χ4v) is 5.96. The lowest BCUT2D eigenvalue weighted by Gasteiger charge is -2.33. The van der Waals surface area contributed by atoms with Gasteiger partial charge in [0.1, 0.15) is 0 Å². The van der Waals surface area contributed by atoms with Crippen LogP contribution in [0.2, 0.25) is 5.02 Å². The molecule has 3 aromatic rings. The van der Waals surface area contributed by atoms with Crippen LogP contribution < -0.4 is 10.6 Å². The number of allylic oxidation sites excluding steroid dienone is 1. The second-order valence-corrected chi connectivity index (χ2v) is 12.5. The monoisotopic (exact) mass is 621 g/mol. The Kier molecular flexibility index (Phi) is 14.3. The highest BCUT2D eigenvalue weighted by atomic mass is 35.5. The van der Waals surface area contributed by atoms with E-state index in [0.717, 1.165) is 49.6 Å². The van der Waals surface area contributed by atoms with E-state index in [-0.39, 0.29) is 5.54 Å². The summed E-state index contributed by atoms with van der Waals surface area (Å²) in [4.78, 5) is 2.37. The topological polar surface area (TPSA) is 27.3 Å². The van der Waals surface area contributed by atoms with Crippen molar-refractivity contribution in [1.82, 2.24) is 15.5 Å². The van der Waals surface area contributed by atoms with Gasteiger partial charge in [0, 0.05) is 42.0 Å². The van der Waals surface area contributed by atoms with Gasteiger partial charge in [-0.25, -0.2) is 0 Å². The lowest BCUT2D eigenvalue weighted by atomic mass is 9.89. The molecule has 2 N–H and O–H groups in total. The molecule has 2 aliphatic rings. The lowest BCUT2D eigenvalue weighted by molar-refractivity contribution is 0.264. The Bertz CT molecular complexity index is 1390. The van der Waals surface area contributed by atoms with Crippen LogP contribution in [0.3, 0.4) is 0 Å². The molecule has 1 aliphatic heterocycles. The van der Waals surface area contributed by atoms with Crippen LogP contribution in [0.4, 0.5) is 0 Å². The normalized spacial score (nSPS) is 18.6. The molecule has 3 aromatic carbocycles. The molecule has 1 saturated heterocycles. The molecule has 5 rings (SSSR count). The predicted molar refractivity (Wildman–Crippen MR) is 197 cm³/mol. The Morgan fingerprint density at radius 1 is 0.911 bits per heavy atom. The summed E-state index contributed by atoms with van der Waals surface area (Å²) in [6, 6.07) is 27.7. The van der Waals surface area contributed by atoms with Gasteiger partial charge in [0.25, 0.3) is 0 Å². The third-order valence-electron chi connectivity index (χ3n) is 8.66. The minimum atomic E-state index is -0.0630. The second kappa shape index (κ2) is 18.1. The summed E-state index contributed by atoms with van der Waals surface area (Å²) in [6.45, 7) is 26.4. The maximum Gasteiger partial charge on any atom is 0.0829 e. The van der Waals surface area contributed by atoms with Gasteiger partial charge in [0.15, 0.2) is 0 Å². The van der Waals surface area contributed by atoms with Crippen molar-refractivity contribution in [3.05, 3.63) is 169 Å². The number of nitrogens with zero attached hydrogens (tertiary/aromatic N) is 1. The molecule has 0 radical (unpaired) electrons. The van der Waals surface area contributed by atoms with Gasteiger partial charge < -0.3 is 15.5 Å². The molecule has 0 amide bonds. The number of piperidine rings is 1. The number of hydrogen-bond donors (Lipinski definition) is 2. The van der Waals surface area contributed by atoms with E-state index < -0.39 is 0 Å². The van der Waals surface area contributed by atoms with Crippen LogP contribution in [0.25, 0.3) is 0 Å². The van der Waals surface area contributed by atoms with E-state index in [4.69, 9.17) is 11.6 Å². The second-order valence-electron chi connectivity index (χ2n) is 12.0. The quantitative estimate of drug-likeness (QED) is 0.197. The maximum atomic E-state index is 5.90. The number of likely N-dealkylation sites (tertiary alicyclic amines) is 1. The number of aryl methyl sites for hydroxylation is 3. The molecular weight excluding hydrogens is 570 g/mol. The van der Waals surface area contributed by atoms with Crippen LogP contribution in [0.15, 0.2) is 142 Å². The molecule has 4 heteroatoms. The number of halogens is 1. The van der Waals surface area contributed by atoms with Crippen molar-refractivity contribution in [3.63, 3.8) is 0 Å². The zero-order chi connectivity index (χ0) is 32.7. The molecule has 0 bridgehead atoms. The Labute approximate surface area is 278 Å². The SMILES string of the molecule is C=C(C)N1CCC(c2ccc(Cl)cc2)CC1.C=CCNC(=C)[C@@]1(NC=C)CC1C=C.Cc1cccc(CCc2ccccc2)c1. The van der Waals surface area contributed by atoms with E-state index in [2.05, 4.69) is 129 Å². The van der Waals surface area contributed by atoms with Gasteiger partial charge in [-0.15, -0.1) is 13.2 Å². The zero-order valence-corrected chi connectivity index (χ0v) is 28.2. The van der Waals surface area contributed by atoms with Crippen molar-refractivity contribution in [1.29, 1.82) is 0 Å². The first kappa shape index (κ1) is 35.5. The average Bonchev–Trinajstić information content (AvgIpc) is 3.78. The standard InChI is InChI=1S/C15H16.C14H18ClN.C12H18N2/c1-13-6-5-9-15(12-13)11-10-14-7-3-2-4-8-14;1-11(2)16-9-7-13(8-10-16)12-3-5-14(15)6-4-12;1-5-8-13-10(4)12(14-7-3)9-11(12)6-2/h2-9,12H,10-11H2,1H3;3-6,13H,1,7-10H2,2H3;5-7,11,13-14H,1-4,8-9H2/t;;11?,12-/m..0/s1. The van der Waals surface area contributed by atoms with Crippen LogP contribution in [0.5, 0.6) is 0 Å². The van der Waals surface area contributed by atoms with Gasteiger partial charge in [-0.2, -0.15) is 0 Å². The van der Waals surface area contributed by atoms with Crippen LogP contribution >= 0.6 is 11.6 Å². The van der Waals surface area contributed by atoms with E-state index >= 15 is 0 Å². The first-order valence-electron chi connectivity index (χ1n) is 16.0. The van der Waals surface area contributed by atoms with Crippen LogP contribution in [-0.2, 0) is 12.8 Å². The smallest absolute Gasteiger partial charge is 0.0829 e. The number of benzene rings is 3. The molecule has 0 aromatic heterocycles. The van der Waals surface area contributed by atoms with Crippen molar-refractivity contribution >= 4 is 11.6 Å². The highest BCUT2D eigenvalue weighted by Crippen LogP contribution is 2.48. The molecule has 238 valence electrons. The number of nitrogens with one attached hydrogen (secondary N) is 2. The van der Waals surface area contributed by atoms with E-state index in [0.29, 0.717) is 11.8 Å². The fourth-order valence-electron chi connectivity index (χ4n) is 5.84. The summed E-state index contributed by atoms with van der Waals surface area (Å²) in [5.41, 5.74) is 7.73. The number of rotatable bonds is 12. The first-order chi connectivity index (χ1) is 21.7. The molecule has 1 unspecified atom stereocenters. The molecular formula is C41H52ClN3. The molecule has 1 saturated carbocycles. The average molecular weight is 622 g/mol. The summed E-state index contributed by atoms with van der Waals surface area (Å²) in [7, 11) is 0. The third-order valence-corrected chi connectivity index (χ3v) is 8.91. The summed E-state index contributed by atoms with van der Waals surface area (Å²) in [6.07, 6.45) is 11.2. The van der Waals surface area contributed by atoms with Crippen molar-refractivity contribution in [3.8, 4) is 0 Å². The van der Waals surface area contributed by atoms with Gasteiger partial charge in [-0.1, -0.05) is 116 Å². The van der Waals surface area contributed by atoms with Gasteiger partial charge in [0.05, 0.1) is 5.54 Å². The predicted octanol–water partition coefficient (Wildman–Crippen LogP) is 9.79. The summed E-state index contributed by atoms with van der Waals surface area (Å²) in [5.74, 6) is 1.14. The van der Waals surface area contributed by atoms with Gasteiger partial charge in [-0.05, 0) is 86.9 Å². The molecule has 45 heavy (non-hydrogen) atoms. The van der Waals surface area contributed by atoms with Crippen LogP contribution in [-0.4, -0.2) is 30.1 Å². The van der Waals surface area contributed by atoms with Crippen LogP contribution in [0, 0.1) is 12.8 Å². The molecule has 1 aliphatic carbocycles. The Balaban J connectivity index is 0.000000185. The maximum absolute atomic E-state index is 5.90. The van der Waals surface area contributed by atoms with E-state index in [1.165, 1.54) is 40.8 Å². The van der Waals surface area contributed by atoms with Crippen LogP contribution in [0.1, 0.15) is 54.4 Å². The Morgan fingerprint density at radius 3 is 2.11 bits per heavy atom. The van der Waals surface area contributed by atoms with Gasteiger partial charge in [-0.3, -0.25) is 0 Å². The molecule has 2 fully saturated rings. The number of hydrogen-bond acceptors (Lipinski definition) is 3. The highest BCUT2D eigenvalue weighted by molar-refractivity contribution is 6.30. The highest BCUT2D eigenvalue weighted by Gasteiger charge is 2.54. The van der Waals surface area contributed by atoms with E-state index in [1.807, 2.05) is 24.3 Å². The summed E-state index contributed by atoms with van der Waals surface area (Å²) < 4.78 is 0. The molecule has 1 heterocycles. The largest absolute Gasteiger partial charge is 0.383 e. The molecule has 0 spiro atoms. The van der Waals surface area contributed by atoms with Crippen molar-refractivity contribution in [2.24, 2.45) is 5.92 Å². The summed E-state index contributed by atoms with van der Waals surface area (Å²) in [5, 5.41) is 7.27. The first-order valence-corrected chi connectivity index (χ1v) is 16.4. The van der Waals surface area contributed by atoms with Crippen molar-refractivity contribution in [2.75, 3.05) is 19.6 Å². The Morgan fingerprint density at radius 2 is 1.56 bits per heavy atom. The third kappa shape index (κ3) is 11.2. The van der Waals surface area contributed by atoms with Crippen molar-refractivity contribution < 1.29 is 0 Å². The zero-order valence-electron chi connectivity index (χ0n) is 27.4. The Hall–Kier alpha value is -3.95. The van der Waals surface area contributed by atoms with E-state index in [1.54, 1.807) is 6.20 Å². The fraction of sp³-hybridized carbons (Fsp3) is 0.317. The summed E-state index contributed by atoms with van der Waals surface area (Å²) >= 11 is 5.90. The molecule has 3 nitrogen and oxygen atoms in total.